The second-order valence-electron chi connectivity index (χ2n) is 2.95. The number of aryl methyl sites for hydroxylation is 1. The Morgan fingerprint density at radius 3 is 2.64 bits per heavy atom. The smallest absolute Gasteiger partial charge is 0.160 e. The maximum atomic E-state index is 12.6. The van der Waals surface area contributed by atoms with Crippen molar-refractivity contribution in [2.24, 2.45) is 0 Å². The van der Waals surface area contributed by atoms with E-state index in [1.54, 1.807) is 6.07 Å². The van der Waals surface area contributed by atoms with Crippen molar-refractivity contribution in [2.45, 2.75) is 6.92 Å². The molecular weight excluding hydrogens is 179 g/mol. The van der Waals surface area contributed by atoms with E-state index in [9.17, 15) is 4.39 Å². The van der Waals surface area contributed by atoms with Gasteiger partial charge in [-0.05, 0) is 18.6 Å². The Hall–Kier alpha value is -1.77. The minimum absolute atomic E-state index is 0.428. The molecule has 2 nitrogen and oxygen atoms in total. The van der Waals surface area contributed by atoms with Crippen molar-refractivity contribution in [1.29, 1.82) is 0 Å². The Morgan fingerprint density at radius 1 is 1.29 bits per heavy atom. The summed E-state index contributed by atoms with van der Waals surface area (Å²) >= 11 is 0. The van der Waals surface area contributed by atoms with Gasteiger partial charge in [0.15, 0.2) is 11.6 Å². The standard InChI is InChI=1S/C11H8FN2/c1-8-4-2-3-5-10(8)11-13-6-9(12)7-14-11/h2-4,6-7H,1H3. The first-order valence-electron chi connectivity index (χ1n) is 4.22. The van der Waals surface area contributed by atoms with Gasteiger partial charge in [-0.1, -0.05) is 18.2 Å². The summed E-state index contributed by atoms with van der Waals surface area (Å²) in [6, 6.07) is 8.65. The van der Waals surface area contributed by atoms with Gasteiger partial charge in [0, 0.05) is 5.56 Å². The molecule has 0 N–H and O–H groups in total. The average molecular weight is 187 g/mol. The van der Waals surface area contributed by atoms with Crippen molar-refractivity contribution in [3.63, 3.8) is 0 Å². The van der Waals surface area contributed by atoms with E-state index < -0.39 is 5.82 Å². The molecule has 0 aliphatic rings. The van der Waals surface area contributed by atoms with Crippen LogP contribution in [0.5, 0.6) is 0 Å². The second kappa shape index (κ2) is 3.54. The number of nitrogens with zero attached hydrogens (tertiary/aromatic N) is 2. The van der Waals surface area contributed by atoms with E-state index in [0.29, 0.717) is 5.82 Å². The Balaban J connectivity index is 2.50. The Kier molecular flexibility index (Phi) is 2.23. The maximum absolute atomic E-state index is 12.6. The Morgan fingerprint density at radius 2 is 2.00 bits per heavy atom. The van der Waals surface area contributed by atoms with Crippen molar-refractivity contribution >= 4 is 0 Å². The van der Waals surface area contributed by atoms with Crippen molar-refractivity contribution in [2.75, 3.05) is 0 Å². The molecule has 0 fully saturated rings. The molecule has 0 amide bonds. The molecule has 0 atom stereocenters. The summed E-state index contributed by atoms with van der Waals surface area (Å²) in [6.45, 7) is 1.94. The first-order chi connectivity index (χ1) is 6.77. The molecular formula is C11H8FN2. The van der Waals surface area contributed by atoms with Gasteiger partial charge in [-0.15, -0.1) is 0 Å². The lowest BCUT2D eigenvalue weighted by atomic mass is 10.1. The fourth-order valence-electron chi connectivity index (χ4n) is 1.20. The van der Waals surface area contributed by atoms with Crippen molar-refractivity contribution in [3.05, 3.63) is 48.0 Å². The Labute approximate surface area is 81.5 Å². The summed E-state index contributed by atoms with van der Waals surface area (Å²) in [5.41, 5.74) is 1.84. The minimum Gasteiger partial charge on any atom is -0.233 e. The van der Waals surface area contributed by atoms with E-state index in [0.717, 1.165) is 23.5 Å². The molecule has 0 saturated heterocycles. The SMILES string of the molecule is Cc1ccc[c]c1-c1ncc(F)cn1. The lowest BCUT2D eigenvalue weighted by Crippen LogP contribution is -1.91. The zero-order valence-electron chi connectivity index (χ0n) is 7.66. The van der Waals surface area contributed by atoms with E-state index in [4.69, 9.17) is 0 Å². The Bertz CT molecular complexity index is 437. The second-order valence-corrected chi connectivity index (χ2v) is 2.95. The summed E-state index contributed by atoms with van der Waals surface area (Å²) in [7, 11) is 0. The first-order valence-corrected chi connectivity index (χ1v) is 4.22. The predicted molar refractivity (Wildman–Crippen MR) is 51.0 cm³/mol. The van der Waals surface area contributed by atoms with Crippen LogP contribution in [0.2, 0.25) is 0 Å². The summed E-state index contributed by atoms with van der Waals surface area (Å²) < 4.78 is 12.6. The molecule has 1 radical (unpaired) electrons. The quantitative estimate of drug-likeness (QED) is 0.685. The van der Waals surface area contributed by atoms with Crippen LogP contribution in [-0.2, 0) is 0 Å². The fourth-order valence-corrected chi connectivity index (χ4v) is 1.20. The summed E-state index contributed by atoms with van der Waals surface area (Å²) in [4.78, 5) is 7.78. The van der Waals surface area contributed by atoms with E-state index in [1.165, 1.54) is 0 Å². The van der Waals surface area contributed by atoms with Crippen LogP contribution in [0.25, 0.3) is 11.4 Å². The third-order valence-electron chi connectivity index (χ3n) is 1.91. The number of rotatable bonds is 1. The van der Waals surface area contributed by atoms with E-state index in [-0.39, 0.29) is 0 Å². The molecule has 14 heavy (non-hydrogen) atoms. The van der Waals surface area contributed by atoms with Crippen LogP contribution in [0, 0.1) is 18.8 Å². The first kappa shape index (κ1) is 8.81. The molecule has 69 valence electrons. The van der Waals surface area contributed by atoms with Gasteiger partial charge in [-0.25, -0.2) is 14.4 Å². The van der Waals surface area contributed by atoms with Crippen molar-refractivity contribution < 1.29 is 4.39 Å². The van der Waals surface area contributed by atoms with E-state index in [1.807, 2.05) is 19.1 Å². The summed E-state index contributed by atoms with van der Waals surface area (Å²) in [6.07, 6.45) is 2.31. The number of halogens is 1. The van der Waals surface area contributed by atoms with Gasteiger partial charge < -0.3 is 0 Å². The molecule has 0 aliphatic heterocycles. The molecule has 0 saturated carbocycles. The molecule has 2 rings (SSSR count). The van der Waals surface area contributed by atoms with Gasteiger partial charge in [0.25, 0.3) is 0 Å². The van der Waals surface area contributed by atoms with Gasteiger partial charge >= 0.3 is 0 Å². The van der Waals surface area contributed by atoms with Crippen LogP contribution in [0.1, 0.15) is 5.56 Å². The van der Waals surface area contributed by atoms with Crippen molar-refractivity contribution in [1.82, 2.24) is 9.97 Å². The van der Waals surface area contributed by atoms with Crippen LogP contribution in [-0.4, -0.2) is 9.97 Å². The monoisotopic (exact) mass is 187 g/mol. The molecule has 1 aromatic heterocycles. The van der Waals surface area contributed by atoms with E-state index in [2.05, 4.69) is 16.0 Å². The molecule has 2 aromatic rings. The van der Waals surface area contributed by atoms with E-state index >= 15 is 0 Å². The van der Waals surface area contributed by atoms with Crippen LogP contribution in [0.4, 0.5) is 4.39 Å². The zero-order valence-corrected chi connectivity index (χ0v) is 7.66. The number of aromatic nitrogens is 2. The third kappa shape index (κ3) is 1.62. The lowest BCUT2D eigenvalue weighted by Gasteiger charge is -2.01. The van der Waals surface area contributed by atoms with Gasteiger partial charge in [0.1, 0.15) is 0 Å². The van der Waals surface area contributed by atoms with Gasteiger partial charge in [0.05, 0.1) is 12.4 Å². The number of hydrogen-bond donors (Lipinski definition) is 0. The highest BCUT2D eigenvalue weighted by molar-refractivity contribution is 5.58. The van der Waals surface area contributed by atoms with Crippen LogP contribution >= 0.6 is 0 Å². The molecule has 1 heterocycles. The highest BCUT2D eigenvalue weighted by atomic mass is 19.1. The predicted octanol–water partition coefficient (Wildman–Crippen LogP) is 2.39. The minimum atomic E-state index is -0.428. The lowest BCUT2D eigenvalue weighted by molar-refractivity contribution is 0.614. The fraction of sp³-hybridized carbons (Fsp3) is 0.0909. The normalized spacial score (nSPS) is 10.1. The zero-order chi connectivity index (χ0) is 9.97. The highest BCUT2D eigenvalue weighted by Crippen LogP contribution is 2.17. The summed E-state index contributed by atoms with van der Waals surface area (Å²) in [5.74, 6) is 0.0758. The third-order valence-corrected chi connectivity index (χ3v) is 1.91. The van der Waals surface area contributed by atoms with Gasteiger partial charge in [0.2, 0.25) is 0 Å². The molecule has 0 bridgehead atoms. The molecule has 0 aliphatic carbocycles. The summed E-state index contributed by atoms with van der Waals surface area (Å²) in [5, 5.41) is 0. The molecule has 0 unspecified atom stereocenters. The van der Waals surface area contributed by atoms with Crippen LogP contribution in [0.15, 0.2) is 30.6 Å². The molecule has 3 heteroatoms. The van der Waals surface area contributed by atoms with Crippen LogP contribution in [0.3, 0.4) is 0 Å². The maximum Gasteiger partial charge on any atom is 0.160 e. The number of hydrogen-bond acceptors (Lipinski definition) is 2. The average Bonchev–Trinajstić information content (AvgIpc) is 2.20. The van der Waals surface area contributed by atoms with Crippen LogP contribution < -0.4 is 0 Å². The van der Waals surface area contributed by atoms with Crippen molar-refractivity contribution in [3.8, 4) is 11.4 Å². The number of benzene rings is 1. The van der Waals surface area contributed by atoms with Gasteiger partial charge in [-0.2, -0.15) is 0 Å². The molecule has 0 spiro atoms. The molecule has 1 aromatic carbocycles. The highest BCUT2D eigenvalue weighted by Gasteiger charge is 2.03. The topological polar surface area (TPSA) is 25.8 Å². The largest absolute Gasteiger partial charge is 0.233 e. The van der Waals surface area contributed by atoms with Gasteiger partial charge in [-0.3, -0.25) is 0 Å².